The van der Waals surface area contributed by atoms with Gasteiger partial charge < -0.3 is 5.73 Å². The van der Waals surface area contributed by atoms with Gasteiger partial charge in [-0.3, -0.25) is 0 Å². The Kier molecular flexibility index (Phi) is 2.90. The van der Waals surface area contributed by atoms with Crippen molar-refractivity contribution in [3.63, 3.8) is 0 Å². The minimum atomic E-state index is -2.69. The third-order valence-electron chi connectivity index (χ3n) is 1.77. The summed E-state index contributed by atoms with van der Waals surface area (Å²) in [6.07, 6.45) is 1.40. The van der Waals surface area contributed by atoms with Crippen molar-refractivity contribution in [2.45, 2.75) is 11.8 Å². The van der Waals surface area contributed by atoms with Crippen LogP contribution in [-0.2, 0) is 9.73 Å². The van der Waals surface area contributed by atoms with Gasteiger partial charge in [0.15, 0.2) is 0 Å². The Morgan fingerprint density at radius 2 is 2.00 bits per heavy atom. The number of amides is 2. The number of carbonyl (C=O) groups excluding carboxylic acids is 1. The summed E-state index contributed by atoms with van der Waals surface area (Å²) in [6.45, 7) is 1.81. The van der Waals surface area contributed by atoms with Crippen molar-refractivity contribution in [3.8, 4) is 0 Å². The van der Waals surface area contributed by atoms with Crippen LogP contribution in [0.3, 0.4) is 0 Å². The number of benzene rings is 1. The summed E-state index contributed by atoms with van der Waals surface area (Å²) in [4.78, 5) is 11.1. The minimum Gasteiger partial charge on any atom is -0.349 e. The van der Waals surface area contributed by atoms with Crippen molar-refractivity contribution in [1.82, 2.24) is 0 Å². The lowest BCUT2D eigenvalue weighted by molar-refractivity contribution is 0.257. The van der Waals surface area contributed by atoms with Crippen LogP contribution in [-0.4, -0.2) is 16.5 Å². The molecule has 76 valence electrons. The van der Waals surface area contributed by atoms with Crippen LogP contribution in [0.2, 0.25) is 0 Å². The number of aryl methyl sites for hydroxylation is 1. The summed E-state index contributed by atoms with van der Waals surface area (Å²) < 4.78 is 15.4. The van der Waals surface area contributed by atoms with E-state index in [0.29, 0.717) is 4.90 Å². The third kappa shape index (κ3) is 2.32. The van der Waals surface area contributed by atoms with Gasteiger partial charge in [0, 0.05) is 6.26 Å². The fourth-order valence-corrected chi connectivity index (χ4v) is 2.64. The molecule has 0 aromatic heterocycles. The quantitative estimate of drug-likeness (QED) is 0.766. The summed E-state index contributed by atoms with van der Waals surface area (Å²) >= 11 is 0. The number of rotatable bonds is 1. The molecule has 0 aliphatic carbocycles. The fraction of sp³-hybridized carbons (Fsp3) is 0.222. The molecule has 0 aliphatic rings. The molecule has 1 aromatic carbocycles. The van der Waals surface area contributed by atoms with Crippen LogP contribution < -0.4 is 5.73 Å². The average molecular weight is 212 g/mol. The van der Waals surface area contributed by atoms with Crippen LogP contribution in [0.5, 0.6) is 0 Å². The smallest absolute Gasteiger partial charge is 0.346 e. The van der Waals surface area contributed by atoms with E-state index in [1.54, 1.807) is 12.1 Å². The van der Waals surface area contributed by atoms with Gasteiger partial charge in [0.05, 0.1) is 14.6 Å². The molecule has 0 aliphatic heterocycles. The normalized spacial score (nSPS) is 14.4. The predicted molar refractivity (Wildman–Crippen MR) is 55.5 cm³/mol. The molecule has 0 saturated heterocycles. The summed E-state index contributed by atoms with van der Waals surface area (Å²) in [7, 11) is -2.69. The molecule has 0 unspecified atom stereocenters. The molecule has 0 spiro atoms. The average Bonchev–Trinajstić information content (AvgIpc) is 2.02. The Hall–Kier alpha value is -1.36. The Morgan fingerprint density at radius 3 is 2.50 bits per heavy atom. The maximum absolute atomic E-state index is 12.0. The highest BCUT2D eigenvalue weighted by Gasteiger charge is 2.09. The molecular formula is C9H12N2O2S. The molecule has 1 rings (SSSR count). The molecule has 2 N–H and O–H groups in total. The summed E-state index contributed by atoms with van der Waals surface area (Å²) in [5.74, 6) is 0. The molecule has 0 heterocycles. The van der Waals surface area contributed by atoms with Gasteiger partial charge in [-0.25, -0.2) is 9.00 Å². The van der Waals surface area contributed by atoms with Crippen molar-refractivity contribution >= 4 is 15.8 Å². The molecule has 5 heteroatoms. The summed E-state index contributed by atoms with van der Waals surface area (Å²) in [5.41, 5.74) is 5.72. The van der Waals surface area contributed by atoms with Crippen molar-refractivity contribution in [3.05, 3.63) is 29.8 Å². The van der Waals surface area contributed by atoms with E-state index >= 15 is 0 Å². The summed E-state index contributed by atoms with van der Waals surface area (Å²) in [6, 6.07) is 6.18. The van der Waals surface area contributed by atoms with E-state index in [0.717, 1.165) is 5.56 Å². The van der Waals surface area contributed by atoms with Crippen molar-refractivity contribution in [1.29, 1.82) is 0 Å². The van der Waals surface area contributed by atoms with Gasteiger partial charge in [-0.2, -0.15) is 0 Å². The van der Waals surface area contributed by atoms with Crippen LogP contribution in [0.15, 0.2) is 33.5 Å². The van der Waals surface area contributed by atoms with Gasteiger partial charge in [-0.05, 0) is 18.6 Å². The first-order valence-corrected chi connectivity index (χ1v) is 5.93. The zero-order chi connectivity index (χ0) is 10.8. The Morgan fingerprint density at radius 1 is 1.43 bits per heavy atom. The number of hydrogen-bond donors (Lipinski definition) is 1. The first-order valence-electron chi connectivity index (χ1n) is 4.01. The maximum atomic E-state index is 12.0. The van der Waals surface area contributed by atoms with Crippen LogP contribution in [0, 0.1) is 6.92 Å². The number of nitrogens with zero attached hydrogens (tertiary/aromatic N) is 1. The highest BCUT2D eigenvalue weighted by molar-refractivity contribution is 7.93. The molecule has 14 heavy (non-hydrogen) atoms. The lowest BCUT2D eigenvalue weighted by Gasteiger charge is -2.05. The molecule has 0 saturated carbocycles. The first kappa shape index (κ1) is 10.7. The molecule has 0 radical (unpaired) electrons. The van der Waals surface area contributed by atoms with E-state index in [-0.39, 0.29) is 0 Å². The molecule has 0 fully saturated rings. The Labute approximate surface area is 83.3 Å². The molecule has 0 bridgehead atoms. The second kappa shape index (κ2) is 3.79. The van der Waals surface area contributed by atoms with Crippen molar-refractivity contribution < 1.29 is 9.00 Å². The van der Waals surface area contributed by atoms with Gasteiger partial charge in [0.25, 0.3) is 0 Å². The van der Waals surface area contributed by atoms with E-state index in [9.17, 15) is 9.00 Å². The van der Waals surface area contributed by atoms with E-state index in [1.807, 2.05) is 19.1 Å². The predicted octanol–water partition coefficient (Wildman–Crippen LogP) is 1.53. The van der Waals surface area contributed by atoms with Gasteiger partial charge in [0.2, 0.25) is 0 Å². The number of carbonyl (C=O) groups is 1. The highest BCUT2D eigenvalue weighted by atomic mass is 32.2. The van der Waals surface area contributed by atoms with Crippen LogP contribution in [0.25, 0.3) is 0 Å². The summed E-state index contributed by atoms with van der Waals surface area (Å²) in [5, 5.41) is 0. The third-order valence-corrected chi connectivity index (χ3v) is 3.57. The van der Waals surface area contributed by atoms with Crippen LogP contribution in [0.1, 0.15) is 5.56 Å². The molecule has 1 atom stereocenters. The zero-order valence-corrected chi connectivity index (χ0v) is 8.88. The standard InChI is InChI=1S/C9H12N2O2S/c1-7-5-3-4-6-8(7)14(2,13)11-9(10)12/h3-6H,1-2H3,(H2,10,12)/t14-/m1/s1. The van der Waals surface area contributed by atoms with Gasteiger partial charge in [-0.15, -0.1) is 4.36 Å². The van der Waals surface area contributed by atoms with E-state index in [2.05, 4.69) is 4.36 Å². The highest BCUT2D eigenvalue weighted by Crippen LogP contribution is 2.15. The van der Waals surface area contributed by atoms with E-state index < -0.39 is 15.8 Å². The maximum Gasteiger partial charge on any atom is 0.346 e. The number of primary amides is 1. The molecule has 2 amide bonds. The van der Waals surface area contributed by atoms with Gasteiger partial charge in [-0.1, -0.05) is 18.2 Å². The minimum absolute atomic E-state index is 0.554. The second-order valence-corrected chi connectivity index (χ2v) is 5.22. The monoisotopic (exact) mass is 212 g/mol. The molecule has 4 nitrogen and oxygen atoms in total. The van der Waals surface area contributed by atoms with Crippen LogP contribution in [0.4, 0.5) is 4.79 Å². The number of hydrogen-bond acceptors (Lipinski definition) is 2. The van der Waals surface area contributed by atoms with E-state index in [4.69, 9.17) is 5.73 Å². The second-order valence-electron chi connectivity index (χ2n) is 3.00. The van der Waals surface area contributed by atoms with Gasteiger partial charge >= 0.3 is 6.03 Å². The Balaban J connectivity index is 3.38. The lowest BCUT2D eigenvalue weighted by Crippen LogP contribution is -2.10. The molecular weight excluding hydrogens is 200 g/mol. The topological polar surface area (TPSA) is 72.5 Å². The number of nitrogens with two attached hydrogens (primary N) is 1. The van der Waals surface area contributed by atoms with Gasteiger partial charge in [0.1, 0.15) is 0 Å². The van der Waals surface area contributed by atoms with Crippen molar-refractivity contribution in [2.24, 2.45) is 10.1 Å². The number of urea groups is 1. The van der Waals surface area contributed by atoms with E-state index in [1.165, 1.54) is 6.26 Å². The fourth-order valence-electron chi connectivity index (χ4n) is 1.20. The van der Waals surface area contributed by atoms with Crippen molar-refractivity contribution in [2.75, 3.05) is 6.26 Å². The SMILES string of the molecule is Cc1ccccc1[S@@](C)(=O)=NC(N)=O. The Bertz CT molecular complexity index is 473. The largest absolute Gasteiger partial charge is 0.349 e. The molecule has 1 aromatic rings. The lowest BCUT2D eigenvalue weighted by atomic mass is 10.2. The zero-order valence-electron chi connectivity index (χ0n) is 8.06. The first-order chi connectivity index (χ1) is 6.43. The van der Waals surface area contributed by atoms with Crippen LogP contribution >= 0.6 is 0 Å².